The number of hydrogen-bond donors (Lipinski definition) is 0. The van der Waals surface area contributed by atoms with Crippen molar-refractivity contribution in [3.8, 4) is 11.1 Å². The van der Waals surface area contributed by atoms with Gasteiger partial charge in [-0.05, 0) is 69.1 Å². The first-order valence-corrected chi connectivity index (χ1v) is 11.3. The largest absolute Gasteiger partial charge is 0.300 e. The van der Waals surface area contributed by atoms with Crippen LogP contribution in [0.4, 0.5) is 0 Å². The highest BCUT2D eigenvalue weighted by Gasteiger charge is 2.29. The predicted molar refractivity (Wildman–Crippen MR) is 117 cm³/mol. The molecule has 1 aliphatic carbocycles. The number of nitrogens with zero attached hydrogens (tertiary/aromatic N) is 3. The second-order valence-electron chi connectivity index (χ2n) is 8.53. The van der Waals surface area contributed by atoms with E-state index in [9.17, 15) is 0 Å². The summed E-state index contributed by atoms with van der Waals surface area (Å²) in [6.07, 6.45) is 8.89. The molecule has 1 aliphatic heterocycles. The van der Waals surface area contributed by atoms with Gasteiger partial charge >= 0.3 is 0 Å². The molecule has 1 saturated carbocycles. The molecule has 28 heavy (non-hydrogen) atoms. The fourth-order valence-electron chi connectivity index (χ4n) is 4.64. The van der Waals surface area contributed by atoms with Gasteiger partial charge in [-0.15, -0.1) is 0 Å². The highest BCUT2D eigenvalue weighted by atomic mass is 15.2. The zero-order valence-corrected chi connectivity index (χ0v) is 17.6. The first kappa shape index (κ1) is 19.6. The summed E-state index contributed by atoms with van der Waals surface area (Å²) in [6, 6.07) is 14.4. The van der Waals surface area contributed by atoms with Crippen LogP contribution in [0.25, 0.3) is 11.1 Å². The van der Waals surface area contributed by atoms with E-state index in [-0.39, 0.29) is 0 Å². The quantitative estimate of drug-likeness (QED) is 0.651. The van der Waals surface area contributed by atoms with Crippen LogP contribution < -0.4 is 0 Å². The van der Waals surface area contributed by atoms with Gasteiger partial charge in [0.2, 0.25) is 0 Å². The van der Waals surface area contributed by atoms with Gasteiger partial charge in [-0.2, -0.15) is 0 Å². The van der Waals surface area contributed by atoms with Crippen molar-refractivity contribution in [1.82, 2.24) is 14.8 Å². The Labute approximate surface area is 170 Å². The highest BCUT2D eigenvalue weighted by Crippen LogP contribution is 2.33. The summed E-state index contributed by atoms with van der Waals surface area (Å²) < 4.78 is 0. The van der Waals surface area contributed by atoms with Gasteiger partial charge in [-0.1, -0.05) is 50.6 Å². The average Bonchev–Trinajstić information content (AvgIpc) is 2.72. The first-order valence-electron chi connectivity index (χ1n) is 11.3. The molecule has 3 heteroatoms. The van der Waals surface area contributed by atoms with Crippen molar-refractivity contribution in [2.75, 3.05) is 26.2 Å². The lowest BCUT2D eigenvalue weighted by molar-refractivity contribution is 0.0970. The minimum absolute atomic E-state index is 0.641. The fraction of sp³-hybridized carbons (Fsp3) is 0.560. The number of benzene rings is 1. The van der Waals surface area contributed by atoms with Crippen molar-refractivity contribution in [3.05, 3.63) is 53.9 Å². The van der Waals surface area contributed by atoms with Gasteiger partial charge in [0.05, 0.1) is 0 Å². The highest BCUT2D eigenvalue weighted by molar-refractivity contribution is 5.62. The van der Waals surface area contributed by atoms with E-state index in [1.807, 2.05) is 0 Å². The number of aromatic nitrogens is 1. The van der Waals surface area contributed by atoms with Crippen molar-refractivity contribution < 1.29 is 0 Å². The van der Waals surface area contributed by atoms with Crippen LogP contribution in [0.15, 0.2) is 42.6 Å². The summed E-state index contributed by atoms with van der Waals surface area (Å²) in [5.41, 5.74) is 5.16. The van der Waals surface area contributed by atoms with Crippen LogP contribution in [0.2, 0.25) is 0 Å². The molecule has 0 radical (unpaired) electrons. The summed E-state index contributed by atoms with van der Waals surface area (Å²) in [7, 11) is 0. The molecule has 2 fully saturated rings. The molecule has 0 spiro atoms. The maximum Gasteiger partial charge on any atom is 0.0435 e. The minimum atomic E-state index is 0.641. The minimum Gasteiger partial charge on any atom is -0.300 e. The van der Waals surface area contributed by atoms with Crippen LogP contribution in [0.1, 0.15) is 63.1 Å². The first-order chi connectivity index (χ1) is 13.8. The molecule has 3 nitrogen and oxygen atoms in total. The molecule has 1 aromatic carbocycles. The molecular weight excluding hydrogens is 342 g/mol. The van der Waals surface area contributed by atoms with E-state index in [1.54, 1.807) is 0 Å². The molecule has 0 unspecified atom stereocenters. The molecular formula is C25H35N3. The monoisotopic (exact) mass is 377 g/mol. The summed E-state index contributed by atoms with van der Waals surface area (Å²) >= 11 is 0. The Morgan fingerprint density at radius 1 is 0.893 bits per heavy atom. The topological polar surface area (TPSA) is 19.4 Å². The average molecular weight is 378 g/mol. The van der Waals surface area contributed by atoms with E-state index in [0.29, 0.717) is 5.92 Å². The van der Waals surface area contributed by atoms with Gasteiger partial charge in [0.25, 0.3) is 0 Å². The van der Waals surface area contributed by atoms with Crippen LogP contribution in [0.5, 0.6) is 0 Å². The molecule has 2 aromatic rings. The number of pyridine rings is 1. The molecule has 2 heterocycles. The molecule has 0 amide bonds. The van der Waals surface area contributed by atoms with E-state index in [4.69, 9.17) is 4.98 Å². The summed E-state index contributed by atoms with van der Waals surface area (Å²) in [5.74, 6) is 0.641. The Hall–Kier alpha value is -1.71. The maximum absolute atomic E-state index is 4.85. The molecule has 0 N–H and O–H groups in total. The summed E-state index contributed by atoms with van der Waals surface area (Å²) in [6.45, 7) is 10.2. The molecule has 0 bridgehead atoms. The lowest BCUT2D eigenvalue weighted by Crippen LogP contribution is -2.44. The predicted octanol–water partition coefficient (Wildman–Crippen LogP) is 5.32. The molecule has 2 aliphatic rings. The third-order valence-corrected chi connectivity index (χ3v) is 6.91. The number of hydrogen-bond acceptors (Lipinski definition) is 3. The van der Waals surface area contributed by atoms with Gasteiger partial charge in [-0.3, -0.25) is 9.88 Å². The van der Waals surface area contributed by atoms with Crippen molar-refractivity contribution in [1.29, 1.82) is 0 Å². The third kappa shape index (κ3) is 4.47. The van der Waals surface area contributed by atoms with Gasteiger partial charge in [-0.25, -0.2) is 0 Å². The standard InChI is InChI=1S/C25H35N3/c1-3-27(4-2)19-20-8-10-21(11-9-20)23-12-13-25(26-18-23)22-14-16-28(17-15-22)24-6-5-7-24/h8-13,18,22,24H,3-7,14-17,19H2,1-2H3. The number of piperidine rings is 1. The molecule has 1 saturated heterocycles. The lowest BCUT2D eigenvalue weighted by atomic mass is 9.86. The van der Waals surface area contributed by atoms with E-state index in [0.717, 1.165) is 25.7 Å². The lowest BCUT2D eigenvalue weighted by Gasteiger charge is -2.41. The zero-order chi connectivity index (χ0) is 19.3. The van der Waals surface area contributed by atoms with Crippen LogP contribution in [0, 0.1) is 0 Å². The SMILES string of the molecule is CCN(CC)Cc1ccc(-c2ccc(C3CCN(C4CCC4)CC3)nc2)cc1. The fourth-order valence-corrected chi connectivity index (χ4v) is 4.64. The van der Waals surface area contributed by atoms with Crippen LogP contribution >= 0.6 is 0 Å². The van der Waals surface area contributed by atoms with Crippen LogP contribution in [-0.4, -0.2) is 47.0 Å². The Kier molecular flexibility index (Phi) is 6.43. The Balaban J connectivity index is 1.35. The van der Waals surface area contributed by atoms with E-state index < -0.39 is 0 Å². The van der Waals surface area contributed by atoms with Gasteiger partial charge in [0, 0.05) is 36.0 Å². The van der Waals surface area contributed by atoms with Gasteiger partial charge < -0.3 is 4.90 Å². The van der Waals surface area contributed by atoms with E-state index in [1.165, 1.54) is 67.6 Å². The normalized spacial score (nSPS) is 19.1. The second kappa shape index (κ2) is 9.19. The van der Waals surface area contributed by atoms with Crippen molar-refractivity contribution in [2.24, 2.45) is 0 Å². The molecule has 4 rings (SSSR count). The number of likely N-dealkylation sites (tertiary alicyclic amines) is 1. The maximum atomic E-state index is 4.85. The van der Waals surface area contributed by atoms with Crippen molar-refractivity contribution in [3.63, 3.8) is 0 Å². The third-order valence-electron chi connectivity index (χ3n) is 6.91. The smallest absolute Gasteiger partial charge is 0.0435 e. The second-order valence-corrected chi connectivity index (χ2v) is 8.53. The Morgan fingerprint density at radius 3 is 2.11 bits per heavy atom. The van der Waals surface area contributed by atoms with Gasteiger partial charge in [0.1, 0.15) is 0 Å². The van der Waals surface area contributed by atoms with Crippen LogP contribution in [0.3, 0.4) is 0 Å². The Morgan fingerprint density at radius 2 is 1.57 bits per heavy atom. The van der Waals surface area contributed by atoms with Crippen molar-refractivity contribution >= 4 is 0 Å². The molecule has 150 valence electrons. The molecule has 1 aromatic heterocycles. The Bertz CT molecular complexity index is 721. The molecule has 0 atom stereocenters. The number of rotatable bonds is 7. The van der Waals surface area contributed by atoms with Crippen molar-refractivity contribution in [2.45, 2.75) is 64.5 Å². The van der Waals surface area contributed by atoms with Crippen LogP contribution in [-0.2, 0) is 6.54 Å². The summed E-state index contributed by atoms with van der Waals surface area (Å²) in [4.78, 5) is 10.0. The van der Waals surface area contributed by atoms with E-state index >= 15 is 0 Å². The van der Waals surface area contributed by atoms with E-state index in [2.05, 4.69) is 66.2 Å². The van der Waals surface area contributed by atoms with Gasteiger partial charge in [0.15, 0.2) is 0 Å². The zero-order valence-electron chi connectivity index (χ0n) is 17.6. The summed E-state index contributed by atoms with van der Waals surface area (Å²) in [5, 5.41) is 0.